The number of phosphoric acid groups is 1. The molecule has 1 aliphatic carbocycles. The quantitative estimate of drug-likeness (QED) is 0.0113. The number of unbranched alkanes of at least 4 members (excludes halogenated alkanes) is 10. The van der Waals surface area contributed by atoms with Gasteiger partial charge in [0.2, 0.25) is 0 Å². The first-order chi connectivity index (χ1) is 30.9. The summed E-state index contributed by atoms with van der Waals surface area (Å²) >= 11 is 0. The Hall–Kier alpha value is -2.75. The third-order valence-electron chi connectivity index (χ3n) is 10.9. The van der Waals surface area contributed by atoms with E-state index in [-0.39, 0.29) is 25.0 Å². The van der Waals surface area contributed by atoms with Crippen LogP contribution in [0.3, 0.4) is 0 Å². The van der Waals surface area contributed by atoms with Crippen LogP contribution in [0.5, 0.6) is 0 Å². The molecular weight excluding hydrogens is 843 g/mol. The second-order valence-corrected chi connectivity index (χ2v) is 18.0. The van der Waals surface area contributed by atoms with Crippen LogP contribution in [0.1, 0.15) is 155 Å². The fourth-order valence-corrected chi connectivity index (χ4v) is 7.94. The summed E-state index contributed by atoms with van der Waals surface area (Å²) in [5.74, 6) is -1.21. The number of phosphoric ester groups is 1. The van der Waals surface area contributed by atoms with E-state index in [0.29, 0.717) is 19.3 Å². The number of ether oxygens (including phenoxy) is 3. The molecule has 0 bridgehead atoms. The molecule has 1 heterocycles. The summed E-state index contributed by atoms with van der Waals surface area (Å²) in [7, 11) is -5.15. The van der Waals surface area contributed by atoms with Gasteiger partial charge in [-0.2, -0.15) is 0 Å². The molecule has 10 atom stereocenters. The van der Waals surface area contributed by atoms with E-state index in [4.69, 9.17) is 23.3 Å². The number of rotatable bonds is 37. The van der Waals surface area contributed by atoms with Crippen LogP contribution in [-0.2, 0) is 37.4 Å². The maximum absolute atomic E-state index is 12.9. The zero-order valence-corrected chi connectivity index (χ0v) is 39.4. The lowest BCUT2D eigenvalue weighted by molar-refractivity contribution is -0.220. The Kier molecular flexibility index (Phi) is 31.8. The summed E-state index contributed by atoms with van der Waals surface area (Å²) in [5, 5.41) is 50.2. The zero-order chi connectivity index (χ0) is 46.8. The molecule has 366 valence electrons. The first-order valence-electron chi connectivity index (χ1n) is 23.9. The lowest BCUT2D eigenvalue weighted by Gasteiger charge is -2.41. The number of allylic oxidation sites excluding steroid dienone is 11. The molecule has 6 N–H and O–H groups in total. The number of aliphatic hydroxyl groups is 5. The molecule has 0 radical (unpaired) electrons. The molecule has 14 nitrogen and oxygen atoms in total. The Balaban J connectivity index is 1.75. The Bertz CT molecular complexity index is 1460. The molecule has 64 heavy (non-hydrogen) atoms. The number of carbonyl (C=O) groups excluding carboxylic acids is 2. The van der Waals surface area contributed by atoms with E-state index in [0.717, 1.165) is 70.6 Å². The van der Waals surface area contributed by atoms with Crippen LogP contribution in [0, 0.1) is 0 Å². The topological polar surface area (TPSA) is 222 Å². The Morgan fingerprint density at radius 2 is 1.03 bits per heavy atom. The van der Waals surface area contributed by atoms with Crippen LogP contribution in [-0.4, -0.2) is 111 Å². The van der Waals surface area contributed by atoms with Crippen molar-refractivity contribution >= 4 is 19.8 Å². The van der Waals surface area contributed by atoms with Crippen LogP contribution >= 0.6 is 7.82 Å². The van der Waals surface area contributed by atoms with Gasteiger partial charge in [-0.05, 0) is 89.9 Å². The number of carbonyl (C=O) groups is 2. The van der Waals surface area contributed by atoms with Gasteiger partial charge in [0.05, 0.1) is 18.8 Å². The highest BCUT2D eigenvalue weighted by Gasteiger charge is 2.51. The van der Waals surface area contributed by atoms with Gasteiger partial charge in [0.25, 0.3) is 0 Å². The highest BCUT2D eigenvalue weighted by atomic mass is 31.2. The van der Waals surface area contributed by atoms with Gasteiger partial charge in [-0.25, -0.2) is 4.57 Å². The average molecular weight is 925 g/mol. The van der Waals surface area contributed by atoms with Gasteiger partial charge in [0, 0.05) is 12.8 Å². The third-order valence-corrected chi connectivity index (χ3v) is 11.9. The van der Waals surface area contributed by atoms with Gasteiger partial charge in [-0.1, -0.05) is 125 Å². The van der Waals surface area contributed by atoms with Crippen molar-refractivity contribution in [2.24, 2.45) is 0 Å². The lowest BCUT2D eigenvalue weighted by atomic mass is 9.85. The molecule has 2 fully saturated rings. The van der Waals surface area contributed by atoms with Crippen molar-refractivity contribution in [2.45, 2.75) is 210 Å². The second-order valence-electron chi connectivity index (χ2n) is 16.6. The van der Waals surface area contributed by atoms with Gasteiger partial charge < -0.3 is 44.6 Å². The highest BCUT2D eigenvalue weighted by Crippen LogP contribution is 2.47. The minimum absolute atomic E-state index is 0.000695. The van der Waals surface area contributed by atoms with E-state index in [1.807, 2.05) is 0 Å². The summed E-state index contributed by atoms with van der Waals surface area (Å²) in [5.41, 5.74) is 0. The van der Waals surface area contributed by atoms with Crippen molar-refractivity contribution in [2.75, 3.05) is 13.2 Å². The van der Waals surface area contributed by atoms with Gasteiger partial charge in [-0.3, -0.25) is 18.6 Å². The zero-order valence-electron chi connectivity index (χ0n) is 38.5. The highest BCUT2D eigenvalue weighted by molar-refractivity contribution is 7.47. The van der Waals surface area contributed by atoms with E-state index < -0.39 is 75.7 Å². The van der Waals surface area contributed by atoms with E-state index in [1.165, 1.54) is 38.5 Å². The smallest absolute Gasteiger partial charge is 0.462 e. The number of hydrogen-bond acceptors (Lipinski definition) is 13. The van der Waals surface area contributed by atoms with E-state index in [1.54, 1.807) is 0 Å². The molecule has 1 saturated carbocycles. The molecule has 0 aromatic heterocycles. The van der Waals surface area contributed by atoms with Crippen LogP contribution in [0.15, 0.2) is 72.9 Å². The third kappa shape index (κ3) is 27.0. The van der Waals surface area contributed by atoms with Crippen molar-refractivity contribution in [3.8, 4) is 0 Å². The van der Waals surface area contributed by atoms with Crippen LogP contribution in [0.25, 0.3) is 0 Å². The van der Waals surface area contributed by atoms with Crippen molar-refractivity contribution in [1.29, 1.82) is 0 Å². The lowest BCUT2D eigenvalue weighted by Crippen LogP contribution is -2.64. The number of hydrogen-bond donors (Lipinski definition) is 6. The predicted molar refractivity (Wildman–Crippen MR) is 248 cm³/mol. The number of aliphatic hydroxyl groups excluding tert-OH is 5. The minimum Gasteiger partial charge on any atom is -0.462 e. The summed E-state index contributed by atoms with van der Waals surface area (Å²) in [6, 6.07) is 0. The largest absolute Gasteiger partial charge is 0.472 e. The first kappa shape index (κ1) is 57.4. The molecule has 15 heteroatoms. The van der Waals surface area contributed by atoms with Crippen LogP contribution in [0.4, 0.5) is 0 Å². The summed E-state index contributed by atoms with van der Waals surface area (Å²) in [6.07, 6.45) is 32.5. The first-order valence-corrected chi connectivity index (χ1v) is 25.4. The predicted octanol–water partition coefficient (Wildman–Crippen LogP) is 8.49. The maximum Gasteiger partial charge on any atom is 0.472 e. The molecule has 5 unspecified atom stereocenters. The monoisotopic (exact) mass is 925 g/mol. The summed E-state index contributed by atoms with van der Waals surface area (Å²) in [6.45, 7) is 3.15. The molecule has 0 spiro atoms. The molecule has 1 saturated heterocycles. The molecule has 2 rings (SSSR count). The molecule has 2 aliphatic rings. The molecule has 0 aromatic rings. The fourth-order valence-electron chi connectivity index (χ4n) is 6.97. The van der Waals surface area contributed by atoms with Crippen LogP contribution in [0.2, 0.25) is 0 Å². The maximum atomic E-state index is 12.9. The van der Waals surface area contributed by atoms with Crippen LogP contribution < -0.4 is 0 Å². The minimum atomic E-state index is -5.15. The fraction of sp³-hybridized carbons (Fsp3) is 0.714. The molecular formula is C49H81O14P. The van der Waals surface area contributed by atoms with E-state index in [2.05, 4.69) is 86.8 Å². The van der Waals surface area contributed by atoms with Gasteiger partial charge >= 0.3 is 19.8 Å². The van der Waals surface area contributed by atoms with Gasteiger partial charge in [-0.15, -0.1) is 0 Å². The summed E-state index contributed by atoms with van der Waals surface area (Å²) < 4.78 is 39.3. The van der Waals surface area contributed by atoms with Crippen molar-refractivity contribution in [3.05, 3.63) is 72.9 Å². The van der Waals surface area contributed by atoms with Crippen molar-refractivity contribution in [1.82, 2.24) is 0 Å². The Labute approximate surface area is 382 Å². The second kappa shape index (κ2) is 35.4. The number of epoxide rings is 1. The van der Waals surface area contributed by atoms with Gasteiger partial charge in [0.1, 0.15) is 43.2 Å². The van der Waals surface area contributed by atoms with E-state index in [9.17, 15) is 44.6 Å². The van der Waals surface area contributed by atoms with Crippen molar-refractivity contribution < 1.29 is 67.8 Å². The van der Waals surface area contributed by atoms with Gasteiger partial charge in [0.15, 0.2) is 6.10 Å². The summed E-state index contributed by atoms with van der Waals surface area (Å²) in [4.78, 5) is 35.9. The van der Waals surface area contributed by atoms with E-state index >= 15 is 0 Å². The molecule has 1 aliphatic heterocycles. The number of esters is 2. The Morgan fingerprint density at radius 1 is 0.562 bits per heavy atom. The molecule has 0 aromatic carbocycles. The van der Waals surface area contributed by atoms with Crippen molar-refractivity contribution in [3.63, 3.8) is 0 Å². The Morgan fingerprint density at radius 3 is 1.58 bits per heavy atom. The average Bonchev–Trinajstić information content (AvgIpc) is 4.03. The normalized spacial score (nSPS) is 25.4. The molecule has 0 amide bonds. The standard InChI is InChI=1S/C49H81O14P/c1-3-5-7-9-11-13-15-17-18-19-20-21-23-25-27-29-31-35-42(50)59-37-39(38-60-64(57,58)63-49-47(55)45(53)44(52)46(54)48(49)56)61-43(51)36-32-34-41-40(62-41)33-30-28-26-24-22-16-14-12-10-8-6-4-2/h11-14,17-18,20-22,24,28,30,39-41,44-49,52-56H,3-10,15-16,19,23,25-27,29,31-38H2,1-2H3,(H,57,58)/b13-11-,14-12-,18-17-,21-20-,24-22-,30-28-/t39-,40?,41?,44?,45-,46+,47-,48-,49?/m1/s1. The SMILES string of the molecule is CCCCC/C=C\C/C=C\C/C=C\CCCCCCC(=O)OC[C@H](COP(=O)(O)OC1[C@H](O)[C@H](O)C(O)[C@H](O)[C@H]1O)OC(=O)CCCC1OC1C/C=C\C/C=C\C/C=C\CCCCC.